The first kappa shape index (κ1) is 13.9. The Morgan fingerprint density at radius 2 is 1.94 bits per heavy atom. The number of hydrogen-bond donors (Lipinski definition) is 2. The van der Waals surface area contributed by atoms with Crippen LogP contribution in [0.3, 0.4) is 0 Å². The van der Waals surface area contributed by atoms with Gasteiger partial charge in [-0.2, -0.15) is 12.7 Å². The fraction of sp³-hybridized carbons (Fsp3) is 1.00. The standard InChI is InChI=1S/C10H23N3O2S/c1-9(2)13(16(14,15)11-3)8-10-4-6-12-7-5-10/h9-12H,4-8H2,1-3H3. The zero-order chi connectivity index (χ0) is 12.2. The van der Waals surface area contributed by atoms with Gasteiger partial charge in [-0.15, -0.1) is 0 Å². The van der Waals surface area contributed by atoms with Crippen molar-refractivity contribution in [3.8, 4) is 0 Å². The average molecular weight is 249 g/mol. The van der Waals surface area contributed by atoms with Gasteiger partial charge in [-0.3, -0.25) is 0 Å². The predicted octanol–water partition coefficient (Wildman–Crippen LogP) is 0.161. The Morgan fingerprint density at radius 3 is 2.38 bits per heavy atom. The third-order valence-corrected chi connectivity index (χ3v) is 4.74. The Morgan fingerprint density at radius 1 is 1.38 bits per heavy atom. The topological polar surface area (TPSA) is 61.4 Å². The van der Waals surface area contributed by atoms with E-state index in [0.717, 1.165) is 25.9 Å². The summed E-state index contributed by atoms with van der Waals surface area (Å²) in [6.45, 7) is 6.45. The van der Waals surface area contributed by atoms with Gasteiger partial charge in [0.05, 0.1) is 0 Å². The number of hydrogen-bond acceptors (Lipinski definition) is 3. The van der Waals surface area contributed by atoms with Crippen LogP contribution >= 0.6 is 0 Å². The fourth-order valence-corrected chi connectivity index (χ4v) is 3.22. The van der Waals surface area contributed by atoms with Crippen LogP contribution < -0.4 is 10.0 Å². The highest BCUT2D eigenvalue weighted by atomic mass is 32.2. The highest BCUT2D eigenvalue weighted by Gasteiger charge is 2.27. The molecule has 0 unspecified atom stereocenters. The monoisotopic (exact) mass is 249 g/mol. The maximum absolute atomic E-state index is 11.8. The van der Waals surface area contributed by atoms with Crippen LogP contribution in [0.25, 0.3) is 0 Å². The molecule has 0 aromatic heterocycles. The van der Waals surface area contributed by atoms with Crippen LogP contribution in [0.2, 0.25) is 0 Å². The van der Waals surface area contributed by atoms with Gasteiger partial charge in [0.25, 0.3) is 10.2 Å². The Hall–Kier alpha value is -0.170. The van der Waals surface area contributed by atoms with Crippen LogP contribution in [0.4, 0.5) is 0 Å². The third kappa shape index (κ3) is 3.69. The van der Waals surface area contributed by atoms with E-state index in [1.165, 1.54) is 7.05 Å². The van der Waals surface area contributed by atoms with Gasteiger partial charge in [0, 0.05) is 19.6 Å². The zero-order valence-corrected chi connectivity index (χ0v) is 11.2. The highest BCUT2D eigenvalue weighted by molar-refractivity contribution is 7.87. The smallest absolute Gasteiger partial charge is 0.279 e. The van der Waals surface area contributed by atoms with Gasteiger partial charge >= 0.3 is 0 Å². The molecule has 16 heavy (non-hydrogen) atoms. The molecule has 0 aromatic carbocycles. The van der Waals surface area contributed by atoms with Crippen molar-refractivity contribution in [2.45, 2.75) is 32.7 Å². The van der Waals surface area contributed by atoms with Crippen LogP contribution in [0, 0.1) is 5.92 Å². The molecule has 0 aromatic rings. The first-order chi connectivity index (χ1) is 7.47. The molecule has 1 heterocycles. The summed E-state index contributed by atoms with van der Waals surface area (Å²) < 4.78 is 27.6. The molecule has 2 N–H and O–H groups in total. The second kappa shape index (κ2) is 5.95. The number of rotatable bonds is 5. The maximum atomic E-state index is 11.8. The molecule has 0 spiro atoms. The molecule has 1 aliphatic heterocycles. The van der Waals surface area contributed by atoms with E-state index in [9.17, 15) is 8.42 Å². The summed E-state index contributed by atoms with van der Waals surface area (Å²) >= 11 is 0. The second-order valence-corrected chi connectivity index (χ2v) is 6.39. The minimum atomic E-state index is -3.30. The molecule has 1 aliphatic rings. The van der Waals surface area contributed by atoms with Crippen molar-refractivity contribution >= 4 is 10.2 Å². The maximum Gasteiger partial charge on any atom is 0.279 e. The molecule has 0 amide bonds. The van der Waals surface area contributed by atoms with E-state index in [2.05, 4.69) is 10.0 Å². The summed E-state index contributed by atoms with van der Waals surface area (Å²) in [5, 5.41) is 3.29. The van der Waals surface area contributed by atoms with E-state index in [4.69, 9.17) is 0 Å². The predicted molar refractivity (Wildman–Crippen MR) is 65.4 cm³/mol. The molecule has 0 radical (unpaired) electrons. The number of nitrogens with zero attached hydrogens (tertiary/aromatic N) is 1. The summed E-state index contributed by atoms with van der Waals surface area (Å²) in [7, 11) is -1.83. The second-order valence-electron chi connectivity index (χ2n) is 4.57. The van der Waals surface area contributed by atoms with Crippen LogP contribution in [0.1, 0.15) is 26.7 Å². The summed E-state index contributed by atoms with van der Waals surface area (Å²) in [6.07, 6.45) is 2.12. The first-order valence-electron chi connectivity index (χ1n) is 5.88. The molecular weight excluding hydrogens is 226 g/mol. The molecule has 0 aliphatic carbocycles. The van der Waals surface area contributed by atoms with E-state index < -0.39 is 10.2 Å². The largest absolute Gasteiger partial charge is 0.317 e. The fourth-order valence-electron chi connectivity index (χ4n) is 2.02. The van der Waals surface area contributed by atoms with Gasteiger partial charge in [-0.25, -0.2) is 4.72 Å². The normalized spacial score (nSPS) is 19.6. The van der Waals surface area contributed by atoms with Crippen molar-refractivity contribution < 1.29 is 8.42 Å². The quantitative estimate of drug-likeness (QED) is 0.730. The molecule has 1 fully saturated rings. The van der Waals surface area contributed by atoms with E-state index in [0.29, 0.717) is 12.5 Å². The summed E-state index contributed by atoms with van der Waals surface area (Å²) in [4.78, 5) is 0. The Kier molecular flexibility index (Phi) is 5.17. The van der Waals surface area contributed by atoms with E-state index in [-0.39, 0.29) is 6.04 Å². The Labute approximate surface area is 98.8 Å². The van der Waals surface area contributed by atoms with Gasteiger partial charge in [-0.05, 0) is 45.7 Å². The van der Waals surface area contributed by atoms with Crippen LogP contribution in [0.5, 0.6) is 0 Å². The Balaban J connectivity index is 2.64. The highest BCUT2D eigenvalue weighted by Crippen LogP contribution is 2.16. The molecule has 0 bridgehead atoms. The average Bonchev–Trinajstić information content (AvgIpc) is 2.26. The zero-order valence-electron chi connectivity index (χ0n) is 10.4. The van der Waals surface area contributed by atoms with E-state index in [1.807, 2.05) is 13.8 Å². The molecule has 5 nitrogen and oxygen atoms in total. The minimum Gasteiger partial charge on any atom is -0.317 e. The van der Waals surface area contributed by atoms with Crippen molar-refractivity contribution in [2.75, 3.05) is 26.7 Å². The van der Waals surface area contributed by atoms with Gasteiger partial charge < -0.3 is 5.32 Å². The molecule has 0 saturated carbocycles. The van der Waals surface area contributed by atoms with Crippen molar-refractivity contribution in [3.63, 3.8) is 0 Å². The SMILES string of the molecule is CNS(=O)(=O)N(CC1CCNCC1)C(C)C. The lowest BCUT2D eigenvalue weighted by molar-refractivity contribution is 0.259. The van der Waals surface area contributed by atoms with Gasteiger partial charge in [0.1, 0.15) is 0 Å². The van der Waals surface area contributed by atoms with Crippen molar-refractivity contribution in [2.24, 2.45) is 5.92 Å². The van der Waals surface area contributed by atoms with Gasteiger partial charge in [-0.1, -0.05) is 0 Å². The first-order valence-corrected chi connectivity index (χ1v) is 7.32. The van der Waals surface area contributed by atoms with Gasteiger partial charge in [0.2, 0.25) is 0 Å². The van der Waals surface area contributed by atoms with E-state index >= 15 is 0 Å². The summed E-state index contributed by atoms with van der Waals surface area (Å²) in [5.74, 6) is 0.478. The molecule has 6 heteroatoms. The number of piperidine rings is 1. The molecule has 96 valence electrons. The lowest BCUT2D eigenvalue weighted by Gasteiger charge is -2.31. The van der Waals surface area contributed by atoms with Crippen LogP contribution in [0.15, 0.2) is 0 Å². The summed E-state index contributed by atoms with van der Waals surface area (Å²) in [6, 6.07) is 0.00679. The molecule has 1 rings (SSSR count). The van der Waals surface area contributed by atoms with Crippen molar-refractivity contribution in [3.05, 3.63) is 0 Å². The van der Waals surface area contributed by atoms with Crippen molar-refractivity contribution in [1.82, 2.24) is 14.3 Å². The lowest BCUT2D eigenvalue weighted by atomic mass is 9.98. The molecular formula is C10H23N3O2S. The van der Waals surface area contributed by atoms with E-state index in [1.54, 1.807) is 4.31 Å². The Bertz CT molecular complexity index is 297. The minimum absolute atomic E-state index is 0.00679. The van der Waals surface area contributed by atoms with Crippen LogP contribution in [-0.4, -0.2) is 45.4 Å². The lowest BCUT2D eigenvalue weighted by Crippen LogP contribution is -2.46. The number of nitrogens with one attached hydrogen (secondary N) is 2. The van der Waals surface area contributed by atoms with Crippen molar-refractivity contribution in [1.29, 1.82) is 0 Å². The molecule has 0 atom stereocenters. The summed E-state index contributed by atoms with van der Waals surface area (Å²) in [5.41, 5.74) is 0. The molecule has 1 saturated heterocycles. The van der Waals surface area contributed by atoms with Gasteiger partial charge in [0.15, 0.2) is 0 Å². The third-order valence-electron chi connectivity index (χ3n) is 3.04. The van der Waals surface area contributed by atoms with Crippen LogP contribution in [-0.2, 0) is 10.2 Å².